The van der Waals surface area contributed by atoms with Gasteiger partial charge in [-0.3, -0.25) is 4.79 Å². The van der Waals surface area contributed by atoms with E-state index in [0.717, 1.165) is 5.69 Å². The maximum Gasteiger partial charge on any atom is 0.239 e. The number of nitrogens with two attached hydrogens (primary N) is 1. The zero-order valence-corrected chi connectivity index (χ0v) is 12.4. The summed E-state index contributed by atoms with van der Waals surface area (Å²) in [5.74, 6) is 1.12. The van der Waals surface area contributed by atoms with Crippen LogP contribution in [0.4, 0.5) is 11.5 Å². The van der Waals surface area contributed by atoms with Crippen LogP contribution in [0, 0.1) is 12.8 Å². The topological polar surface area (TPSA) is 85.0 Å². The lowest BCUT2D eigenvalue weighted by atomic mass is 10.2. The lowest BCUT2D eigenvalue weighted by Gasteiger charge is -2.13. The second-order valence-corrected chi connectivity index (χ2v) is 5.44. The minimum absolute atomic E-state index is 0.0396. The highest BCUT2D eigenvalue weighted by Gasteiger charge is 2.15. The first-order chi connectivity index (χ1) is 8.82. The predicted octanol–water partition coefficient (Wildman–Crippen LogP) is 1.54. The van der Waals surface area contributed by atoms with Crippen molar-refractivity contribution in [3.8, 4) is 0 Å². The maximum absolute atomic E-state index is 11.7. The molecule has 0 unspecified atom stereocenters. The Bertz CT molecular complexity index is 436. The van der Waals surface area contributed by atoms with E-state index in [0.29, 0.717) is 24.0 Å². The summed E-state index contributed by atoms with van der Waals surface area (Å²) in [6, 6.07) is 0.192. The van der Waals surface area contributed by atoms with Crippen LogP contribution < -0.4 is 16.4 Å². The molecule has 0 radical (unpaired) electrons. The monoisotopic (exact) mass is 267 g/mol. The first-order valence-corrected chi connectivity index (χ1v) is 6.68. The summed E-state index contributed by atoms with van der Waals surface area (Å²) in [7, 11) is 0. The molecular formula is C13H25N5O. The Kier molecular flexibility index (Phi) is 5.20. The third kappa shape index (κ3) is 4.15. The number of hydrogen-bond acceptors (Lipinski definition) is 4. The molecule has 19 heavy (non-hydrogen) atoms. The quantitative estimate of drug-likeness (QED) is 0.730. The van der Waals surface area contributed by atoms with E-state index >= 15 is 0 Å². The summed E-state index contributed by atoms with van der Waals surface area (Å²) in [6.07, 6.45) is 0. The molecule has 0 aromatic carbocycles. The van der Waals surface area contributed by atoms with E-state index < -0.39 is 0 Å². The third-order valence-electron chi connectivity index (χ3n) is 2.74. The number of aromatic nitrogens is 2. The van der Waals surface area contributed by atoms with Crippen molar-refractivity contribution < 1.29 is 4.79 Å². The minimum atomic E-state index is -0.0396. The Morgan fingerprint density at radius 1 is 1.37 bits per heavy atom. The van der Waals surface area contributed by atoms with Crippen molar-refractivity contribution in [2.45, 2.75) is 40.7 Å². The summed E-state index contributed by atoms with van der Waals surface area (Å²) in [4.78, 5) is 11.7. The minimum Gasteiger partial charge on any atom is -0.394 e. The number of carbonyl (C=O) groups excluding carboxylic acids is 1. The second kappa shape index (κ2) is 6.45. The molecule has 0 spiro atoms. The maximum atomic E-state index is 11.7. The van der Waals surface area contributed by atoms with Gasteiger partial charge in [-0.2, -0.15) is 5.10 Å². The van der Waals surface area contributed by atoms with Crippen molar-refractivity contribution in [1.82, 2.24) is 15.1 Å². The van der Waals surface area contributed by atoms with Crippen LogP contribution in [0.25, 0.3) is 0 Å². The molecule has 1 rings (SSSR count). The van der Waals surface area contributed by atoms with Gasteiger partial charge in [0.2, 0.25) is 5.91 Å². The van der Waals surface area contributed by atoms with Gasteiger partial charge < -0.3 is 16.4 Å². The molecule has 6 heteroatoms. The molecule has 0 saturated carbocycles. The molecule has 1 heterocycles. The molecule has 0 aliphatic heterocycles. The van der Waals surface area contributed by atoms with Crippen LogP contribution in [0.1, 0.15) is 39.4 Å². The molecule has 1 amide bonds. The van der Waals surface area contributed by atoms with Gasteiger partial charge >= 0.3 is 0 Å². The fourth-order valence-electron chi connectivity index (χ4n) is 1.65. The van der Waals surface area contributed by atoms with Gasteiger partial charge in [0.05, 0.1) is 17.9 Å². The highest BCUT2D eigenvalue weighted by molar-refractivity contribution is 5.81. The van der Waals surface area contributed by atoms with Crippen molar-refractivity contribution >= 4 is 17.4 Å². The number of carbonyl (C=O) groups is 1. The van der Waals surface area contributed by atoms with Gasteiger partial charge in [-0.1, -0.05) is 13.8 Å². The highest BCUT2D eigenvalue weighted by atomic mass is 16.1. The van der Waals surface area contributed by atoms with Gasteiger partial charge in [-0.25, -0.2) is 4.68 Å². The molecule has 0 aliphatic carbocycles. The number of rotatable bonds is 6. The van der Waals surface area contributed by atoms with Crippen molar-refractivity contribution in [2.75, 3.05) is 24.1 Å². The van der Waals surface area contributed by atoms with Crippen LogP contribution in [-0.2, 0) is 4.79 Å². The summed E-state index contributed by atoms with van der Waals surface area (Å²) in [5, 5.41) is 10.3. The fraction of sp³-hybridized carbons (Fsp3) is 0.692. The number of aryl methyl sites for hydroxylation is 1. The van der Waals surface area contributed by atoms with Gasteiger partial charge in [-0.05, 0) is 26.7 Å². The lowest BCUT2D eigenvalue weighted by Crippen LogP contribution is -2.33. The third-order valence-corrected chi connectivity index (χ3v) is 2.74. The average molecular weight is 267 g/mol. The fourth-order valence-corrected chi connectivity index (χ4v) is 1.65. The summed E-state index contributed by atoms with van der Waals surface area (Å²) in [6.45, 7) is 10.9. The van der Waals surface area contributed by atoms with Crippen molar-refractivity contribution in [1.29, 1.82) is 0 Å². The van der Waals surface area contributed by atoms with Crippen molar-refractivity contribution in [3.63, 3.8) is 0 Å². The molecule has 0 atom stereocenters. The molecule has 108 valence electrons. The summed E-state index contributed by atoms with van der Waals surface area (Å²) in [5.41, 5.74) is 7.35. The second-order valence-electron chi connectivity index (χ2n) is 5.44. The Morgan fingerprint density at radius 3 is 2.53 bits per heavy atom. The standard InChI is InChI=1S/C13H25N5O/c1-8(2)6-15-11(19)7-16-13-12(14)10(5)17-18(13)9(3)4/h8-9,16H,6-7,14H2,1-5H3,(H,15,19). The van der Waals surface area contributed by atoms with E-state index in [4.69, 9.17) is 5.73 Å². The first kappa shape index (κ1) is 15.3. The summed E-state index contributed by atoms with van der Waals surface area (Å²) >= 11 is 0. The van der Waals surface area contributed by atoms with E-state index in [-0.39, 0.29) is 18.5 Å². The predicted molar refractivity (Wildman–Crippen MR) is 78.1 cm³/mol. The number of nitrogen functional groups attached to an aromatic ring is 1. The first-order valence-electron chi connectivity index (χ1n) is 6.68. The van der Waals surface area contributed by atoms with Crippen LogP contribution >= 0.6 is 0 Å². The van der Waals surface area contributed by atoms with E-state index in [9.17, 15) is 4.79 Å². The van der Waals surface area contributed by atoms with Crippen LogP contribution in [0.15, 0.2) is 0 Å². The molecular weight excluding hydrogens is 242 g/mol. The van der Waals surface area contributed by atoms with Crippen LogP contribution in [0.5, 0.6) is 0 Å². The Labute approximate surface area is 114 Å². The Balaban J connectivity index is 2.64. The Hall–Kier alpha value is -1.72. The van der Waals surface area contributed by atoms with Crippen molar-refractivity contribution in [2.24, 2.45) is 5.92 Å². The van der Waals surface area contributed by atoms with Gasteiger partial charge in [-0.15, -0.1) is 0 Å². The molecule has 0 fully saturated rings. The van der Waals surface area contributed by atoms with Gasteiger partial charge in [0.15, 0.2) is 0 Å². The number of nitrogens with zero attached hydrogens (tertiary/aromatic N) is 2. The molecule has 1 aromatic heterocycles. The number of anilines is 2. The molecule has 0 aliphatic rings. The molecule has 6 nitrogen and oxygen atoms in total. The van der Waals surface area contributed by atoms with E-state index in [1.54, 1.807) is 4.68 Å². The zero-order valence-electron chi connectivity index (χ0n) is 12.4. The van der Waals surface area contributed by atoms with Crippen molar-refractivity contribution in [3.05, 3.63) is 5.69 Å². The molecule has 0 bridgehead atoms. The van der Waals surface area contributed by atoms with E-state index in [1.807, 2.05) is 20.8 Å². The zero-order chi connectivity index (χ0) is 14.6. The lowest BCUT2D eigenvalue weighted by molar-refractivity contribution is -0.119. The molecule has 1 aromatic rings. The highest BCUT2D eigenvalue weighted by Crippen LogP contribution is 2.25. The van der Waals surface area contributed by atoms with E-state index in [2.05, 4.69) is 29.6 Å². The molecule has 0 saturated heterocycles. The van der Waals surface area contributed by atoms with Crippen LogP contribution in [0.2, 0.25) is 0 Å². The number of hydrogen-bond donors (Lipinski definition) is 3. The number of amides is 1. The summed E-state index contributed by atoms with van der Waals surface area (Å²) < 4.78 is 1.81. The van der Waals surface area contributed by atoms with Crippen LogP contribution in [-0.4, -0.2) is 28.8 Å². The number of nitrogens with one attached hydrogen (secondary N) is 2. The van der Waals surface area contributed by atoms with E-state index in [1.165, 1.54) is 0 Å². The van der Waals surface area contributed by atoms with Crippen LogP contribution in [0.3, 0.4) is 0 Å². The molecule has 4 N–H and O–H groups in total. The normalized spacial score (nSPS) is 11.1. The van der Waals surface area contributed by atoms with Gasteiger partial charge in [0.1, 0.15) is 5.82 Å². The smallest absolute Gasteiger partial charge is 0.239 e. The SMILES string of the molecule is Cc1nn(C(C)C)c(NCC(=O)NCC(C)C)c1N. The van der Waals surface area contributed by atoms with Gasteiger partial charge in [0, 0.05) is 12.6 Å². The van der Waals surface area contributed by atoms with Gasteiger partial charge in [0.25, 0.3) is 0 Å². The Morgan fingerprint density at radius 2 is 2.00 bits per heavy atom. The largest absolute Gasteiger partial charge is 0.394 e. The average Bonchev–Trinajstić information content (AvgIpc) is 2.61.